The summed E-state index contributed by atoms with van der Waals surface area (Å²) in [6.45, 7) is 3.97. The number of nitrogens with zero attached hydrogens (tertiary/aromatic N) is 3. The molecule has 0 saturated carbocycles. The maximum Gasteiger partial charge on any atom is 0.222 e. The Morgan fingerprint density at radius 1 is 1.20 bits per heavy atom. The number of hydrogen-bond donors (Lipinski definition) is 2. The minimum absolute atomic E-state index is 0.0789. The van der Waals surface area contributed by atoms with E-state index in [1.807, 2.05) is 38.1 Å². The van der Waals surface area contributed by atoms with Crippen LogP contribution < -0.4 is 10.5 Å². The number of anilines is 1. The molecular weight excluding hydrogens is 254 g/mol. The van der Waals surface area contributed by atoms with Gasteiger partial charge in [-0.15, -0.1) is 0 Å². The lowest BCUT2D eigenvalue weighted by atomic mass is 10.1. The van der Waals surface area contributed by atoms with Gasteiger partial charge in [-0.25, -0.2) is 4.98 Å². The second-order valence-corrected chi connectivity index (χ2v) is 4.73. The Kier molecular flexibility index (Phi) is 2.98. The summed E-state index contributed by atoms with van der Waals surface area (Å²) in [7, 11) is 0. The van der Waals surface area contributed by atoms with Crippen LogP contribution in [0.4, 0.5) is 5.95 Å². The van der Waals surface area contributed by atoms with Crippen molar-refractivity contribution in [1.29, 1.82) is 0 Å². The predicted molar refractivity (Wildman–Crippen MR) is 77.3 cm³/mol. The quantitative estimate of drug-likeness (QED) is 0.762. The van der Waals surface area contributed by atoms with E-state index in [0.717, 1.165) is 22.4 Å². The number of nitrogens with two attached hydrogens (primary N) is 1. The molecule has 0 radical (unpaired) electrons. The van der Waals surface area contributed by atoms with Crippen LogP contribution in [0, 0.1) is 0 Å². The minimum Gasteiger partial charge on any atom is -0.490 e. The van der Waals surface area contributed by atoms with Crippen LogP contribution in [-0.2, 0) is 0 Å². The van der Waals surface area contributed by atoms with Crippen molar-refractivity contribution in [3.63, 3.8) is 0 Å². The normalized spacial score (nSPS) is 11.2. The highest BCUT2D eigenvalue weighted by Crippen LogP contribution is 2.33. The first-order valence-corrected chi connectivity index (χ1v) is 6.38. The number of fused-ring (bicyclic) bond motifs is 1. The molecule has 0 bridgehead atoms. The number of ether oxygens (including phenoxy) is 1. The van der Waals surface area contributed by atoms with E-state index in [4.69, 9.17) is 10.5 Å². The van der Waals surface area contributed by atoms with Gasteiger partial charge in [-0.05, 0) is 26.0 Å². The van der Waals surface area contributed by atoms with E-state index < -0.39 is 0 Å². The van der Waals surface area contributed by atoms with Gasteiger partial charge in [0.25, 0.3) is 0 Å². The Morgan fingerprint density at radius 3 is 2.80 bits per heavy atom. The monoisotopic (exact) mass is 269 g/mol. The molecule has 3 rings (SSSR count). The third-order valence-corrected chi connectivity index (χ3v) is 2.83. The maximum atomic E-state index is 5.83. The summed E-state index contributed by atoms with van der Waals surface area (Å²) < 4.78 is 5.83. The van der Waals surface area contributed by atoms with Gasteiger partial charge in [0.15, 0.2) is 5.65 Å². The Morgan fingerprint density at radius 2 is 2.00 bits per heavy atom. The molecule has 0 spiro atoms. The molecule has 1 aromatic carbocycles. The van der Waals surface area contributed by atoms with Gasteiger partial charge in [0, 0.05) is 5.56 Å². The van der Waals surface area contributed by atoms with Crippen LogP contribution in [0.2, 0.25) is 0 Å². The van der Waals surface area contributed by atoms with Crippen molar-refractivity contribution in [2.24, 2.45) is 0 Å². The summed E-state index contributed by atoms with van der Waals surface area (Å²) in [6, 6.07) is 7.73. The molecule has 0 saturated heterocycles. The summed E-state index contributed by atoms with van der Waals surface area (Å²) in [5.41, 5.74) is 7.98. The number of nitrogen functional groups attached to an aromatic ring is 1. The Hall–Kier alpha value is -2.63. The topological polar surface area (TPSA) is 89.7 Å². The molecule has 3 N–H and O–H groups in total. The number of H-pyrrole nitrogens is 1. The van der Waals surface area contributed by atoms with Gasteiger partial charge in [0.2, 0.25) is 5.95 Å². The van der Waals surface area contributed by atoms with E-state index in [1.54, 1.807) is 6.20 Å². The number of aromatic nitrogens is 4. The zero-order valence-electron chi connectivity index (χ0n) is 11.3. The van der Waals surface area contributed by atoms with Crippen LogP contribution in [0.15, 0.2) is 30.5 Å². The number of rotatable bonds is 3. The summed E-state index contributed by atoms with van der Waals surface area (Å²) in [4.78, 5) is 8.46. The first kappa shape index (κ1) is 12.4. The minimum atomic E-state index is 0.0789. The molecule has 0 aliphatic rings. The van der Waals surface area contributed by atoms with Crippen molar-refractivity contribution < 1.29 is 4.74 Å². The van der Waals surface area contributed by atoms with E-state index >= 15 is 0 Å². The van der Waals surface area contributed by atoms with Crippen LogP contribution in [0.1, 0.15) is 13.8 Å². The molecule has 0 amide bonds. The molecule has 0 aliphatic heterocycles. The van der Waals surface area contributed by atoms with E-state index in [0.29, 0.717) is 5.65 Å². The molecule has 2 aromatic heterocycles. The number of hydrogen-bond acceptors (Lipinski definition) is 5. The summed E-state index contributed by atoms with van der Waals surface area (Å²) in [5, 5.41) is 7.62. The van der Waals surface area contributed by atoms with E-state index in [2.05, 4.69) is 20.2 Å². The molecule has 6 nitrogen and oxygen atoms in total. The van der Waals surface area contributed by atoms with Crippen LogP contribution in [0.25, 0.3) is 22.3 Å². The second kappa shape index (κ2) is 4.80. The summed E-state index contributed by atoms with van der Waals surface area (Å²) in [6.07, 6.45) is 1.77. The Bertz CT molecular complexity index is 750. The van der Waals surface area contributed by atoms with Crippen LogP contribution in [-0.4, -0.2) is 26.3 Å². The van der Waals surface area contributed by atoms with Crippen molar-refractivity contribution in [1.82, 2.24) is 20.2 Å². The third-order valence-electron chi connectivity index (χ3n) is 2.83. The van der Waals surface area contributed by atoms with E-state index in [-0.39, 0.29) is 12.1 Å². The predicted octanol–water partition coefficient (Wildman–Crippen LogP) is 2.39. The summed E-state index contributed by atoms with van der Waals surface area (Å²) in [5.74, 6) is 0.971. The van der Waals surface area contributed by atoms with Gasteiger partial charge in [0.05, 0.1) is 23.4 Å². The second-order valence-electron chi connectivity index (χ2n) is 4.73. The SMILES string of the molecule is CC(C)Oc1ccccc1-c1nc(N)nc2[nH]ncc12. The van der Waals surface area contributed by atoms with E-state index in [9.17, 15) is 0 Å². The molecule has 102 valence electrons. The zero-order valence-corrected chi connectivity index (χ0v) is 11.3. The van der Waals surface area contributed by atoms with Crippen molar-refractivity contribution in [2.45, 2.75) is 20.0 Å². The lowest BCUT2D eigenvalue weighted by Crippen LogP contribution is -2.07. The van der Waals surface area contributed by atoms with Crippen molar-refractivity contribution in [3.8, 4) is 17.0 Å². The smallest absolute Gasteiger partial charge is 0.222 e. The fraction of sp³-hybridized carbons (Fsp3) is 0.214. The molecule has 0 atom stereocenters. The highest BCUT2D eigenvalue weighted by Gasteiger charge is 2.14. The Balaban J connectivity index is 2.23. The van der Waals surface area contributed by atoms with Gasteiger partial charge < -0.3 is 10.5 Å². The standard InChI is InChI=1S/C14H15N5O/c1-8(2)20-11-6-4-3-5-9(11)12-10-7-16-19-13(10)18-14(15)17-12/h3-8H,1-2H3,(H3,15,16,17,18,19). The molecule has 2 heterocycles. The lowest BCUT2D eigenvalue weighted by molar-refractivity contribution is 0.243. The van der Waals surface area contributed by atoms with Gasteiger partial charge in [-0.3, -0.25) is 5.10 Å². The number of benzene rings is 1. The molecule has 0 fully saturated rings. The lowest BCUT2D eigenvalue weighted by Gasteiger charge is -2.14. The molecule has 0 aliphatic carbocycles. The van der Waals surface area contributed by atoms with Gasteiger partial charge in [-0.1, -0.05) is 12.1 Å². The molecular formula is C14H15N5O. The van der Waals surface area contributed by atoms with Crippen LogP contribution >= 0.6 is 0 Å². The number of aromatic amines is 1. The average molecular weight is 269 g/mol. The first-order chi connectivity index (χ1) is 9.65. The Labute approximate surface area is 116 Å². The van der Waals surface area contributed by atoms with Gasteiger partial charge in [0.1, 0.15) is 5.75 Å². The van der Waals surface area contributed by atoms with E-state index in [1.165, 1.54) is 0 Å². The molecule has 3 aromatic rings. The van der Waals surface area contributed by atoms with Gasteiger partial charge in [-0.2, -0.15) is 10.1 Å². The molecule has 0 unspecified atom stereocenters. The number of para-hydroxylation sites is 1. The highest BCUT2D eigenvalue weighted by atomic mass is 16.5. The van der Waals surface area contributed by atoms with Gasteiger partial charge >= 0.3 is 0 Å². The zero-order chi connectivity index (χ0) is 14.1. The van der Waals surface area contributed by atoms with Crippen LogP contribution in [0.3, 0.4) is 0 Å². The maximum absolute atomic E-state index is 5.83. The largest absolute Gasteiger partial charge is 0.490 e. The fourth-order valence-corrected chi connectivity index (χ4v) is 2.08. The highest BCUT2D eigenvalue weighted by molar-refractivity contribution is 5.92. The third kappa shape index (κ3) is 2.16. The fourth-order valence-electron chi connectivity index (χ4n) is 2.08. The van der Waals surface area contributed by atoms with Crippen molar-refractivity contribution >= 4 is 17.0 Å². The summed E-state index contributed by atoms with van der Waals surface area (Å²) >= 11 is 0. The molecule has 6 heteroatoms. The average Bonchev–Trinajstić information content (AvgIpc) is 2.86. The molecule has 20 heavy (non-hydrogen) atoms. The first-order valence-electron chi connectivity index (χ1n) is 6.38. The van der Waals surface area contributed by atoms with Crippen LogP contribution in [0.5, 0.6) is 5.75 Å². The number of nitrogens with one attached hydrogen (secondary N) is 1. The van der Waals surface area contributed by atoms with Crippen molar-refractivity contribution in [2.75, 3.05) is 5.73 Å². The van der Waals surface area contributed by atoms with Crippen molar-refractivity contribution in [3.05, 3.63) is 30.5 Å².